The van der Waals surface area contributed by atoms with Gasteiger partial charge in [0.15, 0.2) is 0 Å². The molecule has 0 radical (unpaired) electrons. The molecule has 264 valence electrons. The molecule has 0 heterocycles. The lowest BCUT2D eigenvalue weighted by Gasteiger charge is -2.32. The number of nitrogens with zero attached hydrogens (tertiary/aromatic N) is 2. The Morgan fingerprint density at radius 3 is 1.21 bits per heavy atom. The van der Waals surface area contributed by atoms with Gasteiger partial charge < -0.3 is 9.80 Å². The van der Waals surface area contributed by atoms with Crippen LogP contribution in [0.2, 0.25) is 0 Å². The van der Waals surface area contributed by atoms with E-state index < -0.39 is 0 Å². The van der Waals surface area contributed by atoms with Crippen LogP contribution in [0.1, 0.15) is 81.0 Å². The highest BCUT2D eigenvalue weighted by Crippen LogP contribution is 2.51. The average molecular weight is 691 g/mol. The first-order chi connectivity index (χ1) is 25.9. The molecule has 0 amide bonds. The zero-order chi connectivity index (χ0) is 36.6. The van der Waals surface area contributed by atoms with E-state index in [4.69, 9.17) is 0 Å². The van der Waals surface area contributed by atoms with Gasteiger partial charge in [-0.1, -0.05) is 124 Å². The smallest absolute Gasteiger partial charge is 0.0543 e. The molecule has 8 aromatic carbocycles. The molecule has 8 aromatic rings. The maximum Gasteiger partial charge on any atom is 0.0543 e. The normalized spacial score (nSPS) is 12.3. The van der Waals surface area contributed by atoms with Gasteiger partial charge in [-0.25, -0.2) is 0 Å². The lowest BCUT2D eigenvalue weighted by atomic mass is 9.82. The number of aryl methyl sites for hydroxylation is 2. The predicted octanol–water partition coefficient (Wildman–Crippen LogP) is 15.6. The van der Waals surface area contributed by atoms with Crippen LogP contribution in [0.15, 0.2) is 146 Å². The fraction of sp³-hybridized carbons (Fsp3) is 0.216. The number of benzene rings is 8. The van der Waals surface area contributed by atoms with Crippen molar-refractivity contribution in [1.82, 2.24) is 0 Å². The van der Waals surface area contributed by atoms with Crippen molar-refractivity contribution in [2.45, 2.75) is 72.6 Å². The number of para-hydroxylation sites is 2. The van der Waals surface area contributed by atoms with Crippen molar-refractivity contribution in [1.29, 1.82) is 0 Å². The molecule has 0 spiro atoms. The summed E-state index contributed by atoms with van der Waals surface area (Å²) in [6.45, 7) is 13.7. The topological polar surface area (TPSA) is 6.48 Å². The van der Waals surface area contributed by atoms with E-state index in [1.54, 1.807) is 0 Å². The monoisotopic (exact) mass is 690 g/mol. The third-order valence-electron chi connectivity index (χ3n) is 11.6. The summed E-state index contributed by atoms with van der Waals surface area (Å²) in [7, 11) is 0. The molecule has 0 saturated carbocycles. The highest BCUT2D eigenvalue weighted by atomic mass is 15.1. The van der Waals surface area contributed by atoms with Crippen molar-refractivity contribution in [3.8, 4) is 0 Å². The third-order valence-corrected chi connectivity index (χ3v) is 11.6. The summed E-state index contributed by atoms with van der Waals surface area (Å²) in [5.74, 6) is 0.830. The minimum absolute atomic E-state index is 0.389. The summed E-state index contributed by atoms with van der Waals surface area (Å²) >= 11 is 0. The molecule has 0 saturated heterocycles. The second-order valence-electron chi connectivity index (χ2n) is 14.9. The Kier molecular flexibility index (Phi) is 9.39. The Bertz CT molecular complexity index is 2480. The van der Waals surface area contributed by atoms with Gasteiger partial charge in [0, 0.05) is 33.5 Å². The number of hydrogen-bond acceptors (Lipinski definition) is 2. The van der Waals surface area contributed by atoms with Gasteiger partial charge in [-0.05, 0) is 138 Å². The first kappa shape index (κ1) is 34.5. The van der Waals surface area contributed by atoms with Crippen LogP contribution in [-0.2, 0) is 0 Å². The highest BCUT2D eigenvalue weighted by Gasteiger charge is 2.26. The Morgan fingerprint density at radius 2 is 0.792 bits per heavy atom. The van der Waals surface area contributed by atoms with Gasteiger partial charge in [0.1, 0.15) is 0 Å². The zero-order valence-electron chi connectivity index (χ0n) is 32.0. The maximum absolute atomic E-state index is 2.52. The first-order valence-corrected chi connectivity index (χ1v) is 19.5. The van der Waals surface area contributed by atoms with Crippen LogP contribution in [0.25, 0.3) is 32.3 Å². The van der Waals surface area contributed by atoms with E-state index in [0.29, 0.717) is 11.8 Å². The fourth-order valence-electron chi connectivity index (χ4n) is 8.47. The van der Waals surface area contributed by atoms with Crippen LogP contribution in [0, 0.1) is 13.8 Å². The third kappa shape index (κ3) is 6.11. The molecule has 0 bridgehead atoms. The molecule has 0 fully saturated rings. The molecule has 1 unspecified atom stereocenters. The fourth-order valence-corrected chi connectivity index (χ4v) is 8.47. The minimum Gasteiger partial charge on any atom is -0.310 e. The Labute approximate surface area is 315 Å². The van der Waals surface area contributed by atoms with Gasteiger partial charge >= 0.3 is 0 Å². The van der Waals surface area contributed by atoms with Gasteiger partial charge in [-0.3, -0.25) is 0 Å². The summed E-state index contributed by atoms with van der Waals surface area (Å²) in [4.78, 5) is 4.96. The van der Waals surface area contributed by atoms with E-state index in [1.165, 1.54) is 77.3 Å². The van der Waals surface area contributed by atoms with E-state index in [-0.39, 0.29) is 0 Å². The minimum atomic E-state index is 0.389. The quantitative estimate of drug-likeness (QED) is 0.125. The lowest BCUT2D eigenvalue weighted by Crippen LogP contribution is -2.13. The summed E-state index contributed by atoms with van der Waals surface area (Å²) in [5.41, 5.74) is 12.5. The standard InChI is InChI=1S/C51H50N2/c1-7-36(6)46-32-48(52(38-16-12-10-13-17-38)40-24-20-34(4)21-25-40)44-31-29-43-47(37(8-2)9-3)33-49(45-30-28-42(46)50(44)51(43)45)53(39-18-14-11-15-19-39)41-26-22-35(5)23-27-41/h10-33,36-37H,7-9H2,1-6H3. The van der Waals surface area contributed by atoms with Gasteiger partial charge in [0.25, 0.3) is 0 Å². The Balaban J connectivity index is 1.54. The molecule has 2 heteroatoms. The van der Waals surface area contributed by atoms with Crippen molar-refractivity contribution >= 4 is 66.4 Å². The van der Waals surface area contributed by atoms with Gasteiger partial charge in [-0.2, -0.15) is 0 Å². The van der Waals surface area contributed by atoms with Crippen molar-refractivity contribution in [2.24, 2.45) is 0 Å². The summed E-state index contributed by atoms with van der Waals surface area (Å²) < 4.78 is 0. The Hall–Kier alpha value is -5.60. The molecule has 2 nitrogen and oxygen atoms in total. The van der Waals surface area contributed by atoms with Crippen LogP contribution >= 0.6 is 0 Å². The first-order valence-electron chi connectivity index (χ1n) is 19.5. The molecular formula is C51H50N2. The van der Waals surface area contributed by atoms with Crippen LogP contribution in [0.4, 0.5) is 34.1 Å². The highest BCUT2D eigenvalue weighted by molar-refractivity contribution is 6.29. The summed E-state index contributed by atoms with van der Waals surface area (Å²) in [6, 6.07) is 54.5. The molecule has 1 atom stereocenters. The molecule has 0 aliphatic rings. The van der Waals surface area contributed by atoms with Gasteiger partial charge in [0.2, 0.25) is 0 Å². The molecule has 53 heavy (non-hydrogen) atoms. The van der Waals surface area contributed by atoms with Crippen LogP contribution in [0.5, 0.6) is 0 Å². The molecule has 0 N–H and O–H groups in total. The molecule has 8 rings (SSSR count). The van der Waals surface area contributed by atoms with Gasteiger partial charge in [-0.15, -0.1) is 0 Å². The van der Waals surface area contributed by atoms with Crippen molar-refractivity contribution in [3.63, 3.8) is 0 Å². The van der Waals surface area contributed by atoms with Crippen molar-refractivity contribution in [2.75, 3.05) is 9.80 Å². The van der Waals surface area contributed by atoms with Crippen LogP contribution in [-0.4, -0.2) is 0 Å². The molecular weight excluding hydrogens is 641 g/mol. The largest absolute Gasteiger partial charge is 0.310 e. The second kappa shape index (κ2) is 14.4. The SMILES string of the molecule is CCC(C)c1cc(N(c2ccccc2)c2ccc(C)cc2)c2ccc3c(C(CC)CC)cc(N(c4ccccc4)c4ccc(C)cc4)c4ccc1c2c34. The summed E-state index contributed by atoms with van der Waals surface area (Å²) in [5, 5.41) is 8.04. The van der Waals surface area contributed by atoms with E-state index in [1.807, 2.05) is 0 Å². The van der Waals surface area contributed by atoms with E-state index >= 15 is 0 Å². The van der Waals surface area contributed by atoms with Crippen molar-refractivity contribution < 1.29 is 0 Å². The van der Waals surface area contributed by atoms with Crippen LogP contribution in [0.3, 0.4) is 0 Å². The number of hydrogen-bond donors (Lipinski definition) is 0. The number of anilines is 6. The van der Waals surface area contributed by atoms with E-state index in [0.717, 1.165) is 30.6 Å². The van der Waals surface area contributed by atoms with Crippen molar-refractivity contribution in [3.05, 3.63) is 168 Å². The lowest BCUT2D eigenvalue weighted by molar-refractivity contribution is 0.647. The zero-order valence-corrected chi connectivity index (χ0v) is 32.0. The number of rotatable bonds is 11. The van der Waals surface area contributed by atoms with Gasteiger partial charge in [0.05, 0.1) is 11.4 Å². The molecule has 0 aliphatic carbocycles. The Morgan fingerprint density at radius 1 is 0.415 bits per heavy atom. The van der Waals surface area contributed by atoms with E-state index in [9.17, 15) is 0 Å². The predicted molar refractivity (Wildman–Crippen MR) is 231 cm³/mol. The van der Waals surface area contributed by atoms with E-state index in [2.05, 4.69) is 197 Å². The average Bonchev–Trinajstić information content (AvgIpc) is 3.20. The summed E-state index contributed by atoms with van der Waals surface area (Å²) in [6.07, 6.45) is 3.25. The second-order valence-corrected chi connectivity index (χ2v) is 14.9. The maximum atomic E-state index is 2.52. The molecule has 0 aromatic heterocycles. The molecule has 0 aliphatic heterocycles. The van der Waals surface area contributed by atoms with Crippen LogP contribution < -0.4 is 9.80 Å².